The minimum absolute atomic E-state index is 0.431. The lowest BCUT2D eigenvalue weighted by Gasteiger charge is -2.12. The molecule has 0 spiro atoms. The number of ether oxygens (including phenoxy) is 2. The second kappa shape index (κ2) is 4.98. The first-order valence-corrected chi connectivity index (χ1v) is 6.49. The molecule has 0 bridgehead atoms. The predicted octanol–water partition coefficient (Wildman–Crippen LogP) is 3.25. The van der Waals surface area contributed by atoms with Gasteiger partial charge in [-0.05, 0) is 29.5 Å². The summed E-state index contributed by atoms with van der Waals surface area (Å²) in [5, 5.41) is 4.11. The number of hydrogen-bond acceptors (Lipinski definition) is 3. The molecule has 1 aromatic carbocycles. The molecule has 0 saturated heterocycles. The van der Waals surface area contributed by atoms with E-state index in [0.29, 0.717) is 28.0 Å². The van der Waals surface area contributed by atoms with Gasteiger partial charge in [-0.3, -0.25) is 0 Å². The molecule has 1 N–H and O–H groups in total. The number of methoxy groups -OCH3 is 2. The Labute approximate surface area is 113 Å². The van der Waals surface area contributed by atoms with Crippen LogP contribution in [0.1, 0.15) is 25.8 Å². The van der Waals surface area contributed by atoms with Crippen LogP contribution in [-0.4, -0.2) is 20.3 Å². The van der Waals surface area contributed by atoms with E-state index in [4.69, 9.17) is 21.1 Å². The average Bonchev–Trinajstić information content (AvgIpc) is 2.93. The van der Waals surface area contributed by atoms with E-state index in [2.05, 4.69) is 19.2 Å². The third kappa shape index (κ3) is 2.73. The van der Waals surface area contributed by atoms with E-state index in [1.165, 1.54) is 6.42 Å². The molecule has 1 unspecified atom stereocenters. The lowest BCUT2D eigenvalue weighted by Crippen LogP contribution is -2.19. The van der Waals surface area contributed by atoms with Gasteiger partial charge in [0.2, 0.25) is 0 Å². The Morgan fingerprint density at radius 3 is 2.50 bits per heavy atom. The van der Waals surface area contributed by atoms with Crippen LogP contribution in [0.4, 0.5) is 0 Å². The maximum absolute atomic E-state index is 6.17. The van der Waals surface area contributed by atoms with Crippen molar-refractivity contribution in [3.8, 4) is 11.5 Å². The molecule has 3 nitrogen and oxygen atoms in total. The van der Waals surface area contributed by atoms with E-state index in [0.717, 1.165) is 12.1 Å². The van der Waals surface area contributed by atoms with E-state index in [1.807, 2.05) is 12.1 Å². The van der Waals surface area contributed by atoms with Crippen molar-refractivity contribution in [3.63, 3.8) is 0 Å². The Kier molecular flexibility index (Phi) is 3.74. The van der Waals surface area contributed by atoms with E-state index in [1.54, 1.807) is 14.2 Å². The molecule has 0 radical (unpaired) electrons. The fourth-order valence-corrected chi connectivity index (χ4v) is 2.44. The first-order valence-electron chi connectivity index (χ1n) is 6.11. The van der Waals surface area contributed by atoms with E-state index >= 15 is 0 Å². The second-order valence-corrected chi connectivity index (χ2v) is 5.85. The SMILES string of the molecule is COc1cc(CNC2CC2(C)C)cc(Cl)c1OC. The van der Waals surface area contributed by atoms with Crippen LogP contribution in [0.5, 0.6) is 11.5 Å². The van der Waals surface area contributed by atoms with E-state index in [-0.39, 0.29) is 0 Å². The van der Waals surface area contributed by atoms with Crippen LogP contribution < -0.4 is 14.8 Å². The van der Waals surface area contributed by atoms with Crippen molar-refractivity contribution in [3.05, 3.63) is 22.7 Å². The minimum Gasteiger partial charge on any atom is -0.493 e. The van der Waals surface area contributed by atoms with Crippen molar-refractivity contribution >= 4 is 11.6 Å². The molecule has 18 heavy (non-hydrogen) atoms. The van der Waals surface area contributed by atoms with Gasteiger partial charge in [0.1, 0.15) is 0 Å². The Morgan fingerprint density at radius 2 is 2.00 bits per heavy atom. The molecule has 1 aliphatic rings. The molecule has 4 heteroatoms. The number of benzene rings is 1. The maximum Gasteiger partial charge on any atom is 0.179 e. The highest BCUT2D eigenvalue weighted by molar-refractivity contribution is 6.32. The largest absolute Gasteiger partial charge is 0.493 e. The first-order chi connectivity index (χ1) is 8.47. The zero-order valence-electron chi connectivity index (χ0n) is 11.3. The van der Waals surface area contributed by atoms with Crippen molar-refractivity contribution in [2.24, 2.45) is 5.41 Å². The number of rotatable bonds is 5. The molecule has 0 amide bonds. The molecule has 1 atom stereocenters. The van der Waals surface area contributed by atoms with Crippen LogP contribution in [0, 0.1) is 5.41 Å². The highest BCUT2D eigenvalue weighted by Crippen LogP contribution is 2.45. The third-order valence-corrected chi connectivity index (χ3v) is 3.84. The number of hydrogen-bond donors (Lipinski definition) is 1. The highest BCUT2D eigenvalue weighted by atomic mass is 35.5. The Hall–Kier alpha value is -0.930. The van der Waals surface area contributed by atoms with Crippen molar-refractivity contribution in [1.29, 1.82) is 0 Å². The van der Waals surface area contributed by atoms with Crippen LogP contribution >= 0.6 is 11.6 Å². The Balaban J connectivity index is 2.07. The number of halogens is 1. The van der Waals surface area contributed by atoms with Gasteiger partial charge in [0.25, 0.3) is 0 Å². The van der Waals surface area contributed by atoms with Crippen LogP contribution in [-0.2, 0) is 6.54 Å². The van der Waals surface area contributed by atoms with Gasteiger partial charge in [-0.1, -0.05) is 25.4 Å². The molecular formula is C14H20ClNO2. The normalized spacial score (nSPS) is 20.6. The van der Waals surface area contributed by atoms with Crippen LogP contribution in [0.25, 0.3) is 0 Å². The maximum atomic E-state index is 6.17. The van der Waals surface area contributed by atoms with Gasteiger partial charge >= 0.3 is 0 Å². The summed E-state index contributed by atoms with van der Waals surface area (Å²) in [5.41, 5.74) is 1.54. The average molecular weight is 270 g/mol. The zero-order chi connectivity index (χ0) is 13.3. The summed E-state index contributed by atoms with van der Waals surface area (Å²) in [6, 6.07) is 4.49. The zero-order valence-corrected chi connectivity index (χ0v) is 12.1. The summed E-state index contributed by atoms with van der Waals surface area (Å²) in [6.07, 6.45) is 1.23. The topological polar surface area (TPSA) is 30.5 Å². The van der Waals surface area contributed by atoms with Gasteiger partial charge in [-0.2, -0.15) is 0 Å². The van der Waals surface area contributed by atoms with Gasteiger partial charge in [0.15, 0.2) is 11.5 Å². The summed E-state index contributed by atoms with van der Waals surface area (Å²) >= 11 is 6.17. The Bertz CT molecular complexity index is 446. The monoisotopic (exact) mass is 269 g/mol. The quantitative estimate of drug-likeness (QED) is 0.890. The van der Waals surface area contributed by atoms with Crippen LogP contribution in [0.2, 0.25) is 5.02 Å². The smallest absolute Gasteiger partial charge is 0.179 e. The van der Waals surface area contributed by atoms with Crippen molar-refractivity contribution in [2.45, 2.75) is 32.9 Å². The van der Waals surface area contributed by atoms with Crippen molar-refractivity contribution < 1.29 is 9.47 Å². The van der Waals surface area contributed by atoms with Gasteiger partial charge in [0.05, 0.1) is 19.2 Å². The lowest BCUT2D eigenvalue weighted by atomic mass is 10.1. The van der Waals surface area contributed by atoms with Gasteiger partial charge in [-0.25, -0.2) is 0 Å². The molecule has 0 aromatic heterocycles. The fourth-order valence-electron chi connectivity index (χ4n) is 2.13. The van der Waals surface area contributed by atoms with Gasteiger partial charge in [0, 0.05) is 12.6 Å². The summed E-state index contributed by atoms with van der Waals surface area (Å²) in [6.45, 7) is 5.34. The van der Waals surface area contributed by atoms with Gasteiger partial charge < -0.3 is 14.8 Å². The minimum atomic E-state index is 0.431. The number of nitrogens with one attached hydrogen (secondary N) is 1. The Morgan fingerprint density at radius 1 is 1.33 bits per heavy atom. The summed E-state index contributed by atoms with van der Waals surface area (Å²) < 4.78 is 10.5. The fraction of sp³-hybridized carbons (Fsp3) is 0.571. The standard InChI is InChI=1S/C14H20ClNO2/c1-14(2)7-12(14)16-8-9-5-10(15)13(18-4)11(6-9)17-3/h5-6,12,16H,7-8H2,1-4H3. The molecule has 1 saturated carbocycles. The van der Waals surface area contributed by atoms with Crippen LogP contribution in [0.15, 0.2) is 12.1 Å². The third-order valence-electron chi connectivity index (χ3n) is 3.56. The summed E-state index contributed by atoms with van der Waals surface area (Å²) in [7, 11) is 3.21. The van der Waals surface area contributed by atoms with Gasteiger partial charge in [-0.15, -0.1) is 0 Å². The van der Waals surface area contributed by atoms with Crippen molar-refractivity contribution in [1.82, 2.24) is 5.32 Å². The molecule has 1 aromatic rings. The predicted molar refractivity (Wildman–Crippen MR) is 73.6 cm³/mol. The molecule has 0 aliphatic heterocycles. The highest BCUT2D eigenvalue weighted by Gasteiger charge is 2.44. The molecule has 1 aliphatic carbocycles. The van der Waals surface area contributed by atoms with E-state index in [9.17, 15) is 0 Å². The second-order valence-electron chi connectivity index (χ2n) is 5.44. The van der Waals surface area contributed by atoms with E-state index < -0.39 is 0 Å². The summed E-state index contributed by atoms with van der Waals surface area (Å²) in [4.78, 5) is 0. The molecular weight excluding hydrogens is 250 g/mol. The van der Waals surface area contributed by atoms with Crippen LogP contribution in [0.3, 0.4) is 0 Å². The molecule has 2 rings (SSSR count). The lowest BCUT2D eigenvalue weighted by molar-refractivity contribution is 0.354. The molecule has 1 fully saturated rings. The molecule has 100 valence electrons. The van der Waals surface area contributed by atoms with Crippen molar-refractivity contribution in [2.75, 3.05) is 14.2 Å². The molecule has 0 heterocycles. The summed E-state index contributed by atoms with van der Waals surface area (Å²) in [5.74, 6) is 1.27. The first kappa shape index (κ1) is 13.5.